The van der Waals surface area contributed by atoms with E-state index in [1.165, 1.54) is 6.07 Å². The number of aromatic nitrogens is 3. The number of rotatable bonds is 3. The molecule has 6 nitrogen and oxygen atoms in total. The normalized spacial score (nSPS) is 12.4. The van der Waals surface area contributed by atoms with E-state index in [0.29, 0.717) is 22.1 Å². The number of hydrogen-bond acceptors (Lipinski definition) is 3. The number of hydrogen-bond donors (Lipinski definition) is 1. The summed E-state index contributed by atoms with van der Waals surface area (Å²) in [6, 6.07) is 15.6. The molecule has 0 aliphatic carbocycles. The number of nitrogens with one attached hydrogen (secondary N) is 1. The lowest BCUT2D eigenvalue weighted by atomic mass is 10.2. The van der Waals surface area contributed by atoms with E-state index >= 15 is 0 Å². The van der Waals surface area contributed by atoms with Crippen LogP contribution in [-0.4, -0.2) is 20.1 Å². The highest BCUT2D eigenvalue weighted by Crippen LogP contribution is 2.27. The molecule has 2 aromatic carbocycles. The first kappa shape index (κ1) is 17.3. The van der Waals surface area contributed by atoms with Crippen molar-refractivity contribution in [2.45, 2.75) is 19.9 Å². The van der Waals surface area contributed by atoms with Crippen LogP contribution in [0.1, 0.15) is 18.7 Å². The summed E-state index contributed by atoms with van der Waals surface area (Å²) in [4.78, 5) is 29.0. The van der Waals surface area contributed by atoms with E-state index in [9.17, 15) is 9.59 Å². The second kappa shape index (κ2) is 6.55. The lowest BCUT2D eigenvalue weighted by Crippen LogP contribution is -2.27. The number of aryl methyl sites for hydroxylation is 1. The summed E-state index contributed by atoms with van der Waals surface area (Å²) in [6.07, 6.45) is 0. The van der Waals surface area contributed by atoms with Crippen molar-refractivity contribution in [3.8, 4) is 0 Å². The van der Waals surface area contributed by atoms with Gasteiger partial charge in [0, 0.05) is 17.1 Å². The molecule has 136 valence electrons. The van der Waals surface area contributed by atoms with E-state index in [0.717, 1.165) is 10.9 Å². The molecule has 2 aromatic heterocycles. The third-order valence-corrected chi connectivity index (χ3v) is 4.90. The fourth-order valence-electron chi connectivity index (χ4n) is 3.30. The van der Waals surface area contributed by atoms with Crippen LogP contribution >= 0.6 is 11.6 Å². The quantitative estimate of drug-likeness (QED) is 0.587. The molecule has 0 aliphatic rings. The molecule has 1 amide bonds. The molecule has 1 atom stereocenters. The van der Waals surface area contributed by atoms with Crippen molar-refractivity contribution in [1.82, 2.24) is 14.2 Å². The monoisotopic (exact) mass is 380 g/mol. The molecule has 0 spiro atoms. The summed E-state index contributed by atoms with van der Waals surface area (Å²) in [5, 5.41) is 4.16. The van der Waals surface area contributed by atoms with Crippen LogP contribution in [-0.2, 0) is 4.79 Å². The van der Waals surface area contributed by atoms with E-state index in [-0.39, 0.29) is 11.5 Å². The Morgan fingerprint density at radius 1 is 1.15 bits per heavy atom. The first-order valence-electron chi connectivity index (χ1n) is 8.52. The number of para-hydroxylation sites is 2. The van der Waals surface area contributed by atoms with Crippen LogP contribution in [0.15, 0.2) is 59.4 Å². The van der Waals surface area contributed by atoms with Gasteiger partial charge in [-0.1, -0.05) is 35.9 Å². The molecule has 2 heterocycles. The number of carbonyl (C=O) groups excluding carboxylic acids is 1. The Morgan fingerprint density at radius 3 is 2.63 bits per heavy atom. The van der Waals surface area contributed by atoms with Crippen LogP contribution in [0.2, 0.25) is 5.02 Å². The van der Waals surface area contributed by atoms with Gasteiger partial charge in [-0.25, -0.2) is 4.52 Å². The standard InChI is InChI=1S/C20H17ClN4O2/c1-12-11-18(26)23-19-14-7-3-6-10-17(14)25(24(12)19)13(2)20(27)22-16-9-5-4-8-15(16)21/h3-11,13H,1-2H3,(H,22,27)/t13-/m1/s1. The van der Waals surface area contributed by atoms with Gasteiger partial charge in [-0.3, -0.25) is 14.3 Å². The van der Waals surface area contributed by atoms with Crippen molar-refractivity contribution >= 4 is 39.7 Å². The zero-order valence-corrected chi connectivity index (χ0v) is 15.6. The highest BCUT2D eigenvalue weighted by Gasteiger charge is 2.22. The van der Waals surface area contributed by atoms with E-state index in [1.54, 1.807) is 25.1 Å². The Bertz CT molecular complexity index is 1240. The number of amides is 1. The molecule has 1 N–H and O–H groups in total. The Labute approximate surface area is 160 Å². The lowest BCUT2D eigenvalue weighted by molar-refractivity contribution is -0.119. The highest BCUT2D eigenvalue weighted by atomic mass is 35.5. The number of carbonyl (C=O) groups is 1. The van der Waals surface area contributed by atoms with Gasteiger partial charge in [-0.15, -0.1) is 0 Å². The van der Waals surface area contributed by atoms with Gasteiger partial charge < -0.3 is 5.32 Å². The smallest absolute Gasteiger partial charge is 0.273 e. The Hall–Kier alpha value is -3.12. The maximum absolute atomic E-state index is 12.9. The van der Waals surface area contributed by atoms with Crippen molar-refractivity contribution in [2.75, 3.05) is 5.32 Å². The van der Waals surface area contributed by atoms with Gasteiger partial charge in [-0.2, -0.15) is 4.98 Å². The molecular formula is C20H17ClN4O2. The van der Waals surface area contributed by atoms with Crippen LogP contribution < -0.4 is 10.9 Å². The summed E-state index contributed by atoms with van der Waals surface area (Å²) in [6.45, 7) is 3.62. The van der Waals surface area contributed by atoms with E-state index in [2.05, 4.69) is 10.3 Å². The molecule has 0 unspecified atom stereocenters. The minimum Gasteiger partial charge on any atom is -0.323 e. The molecular weight excluding hydrogens is 364 g/mol. The SMILES string of the molecule is Cc1cc(=O)nc2c3ccccc3n([C@H](C)C(=O)Nc3ccccc3Cl)n12. The molecule has 0 fully saturated rings. The summed E-state index contributed by atoms with van der Waals surface area (Å²) in [7, 11) is 0. The third kappa shape index (κ3) is 2.88. The van der Waals surface area contributed by atoms with Crippen LogP contribution in [0.4, 0.5) is 5.69 Å². The van der Waals surface area contributed by atoms with E-state index in [4.69, 9.17) is 11.6 Å². The van der Waals surface area contributed by atoms with Crippen LogP contribution in [0, 0.1) is 6.92 Å². The first-order valence-corrected chi connectivity index (χ1v) is 8.90. The molecule has 4 rings (SSSR count). The van der Waals surface area contributed by atoms with Crippen molar-refractivity contribution < 1.29 is 4.79 Å². The number of halogens is 1. The molecule has 4 aromatic rings. The van der Waals surface area contributed by atoms with Gasteiger partial charge >= 0.3 is 0 Å². The number of anilines is 1. The van der Waals surface area contributed by atoms with Crippen LogP contribution in [0.25, 0.3) is 16.6 Å². The maximum Gasteiger partial charge on any atom is 0.273 e. The summed E-state index contributed by atoms with van der Waals surface area (Å²) < 4.78 is 3.65. The van der Waals surface area contributed by atoms with Crippen molar-refractivity contribution in [1.29, 1.82) is 0 Å². The Kier molecular flexibility index (Phi) is 4.20. The molecule has 0 saturated carbocycles. The van der Waals surface area contributed by atoms with Gasteiger partial charge in [0.25, 0.3) is 5.56 Å². The molecule has 7 heteroatoms. The van der Waals surface area contributed by atoms with Crippen molar-refractivity contribution in [3.63, 3.8) is 0 Å². The summed E-state index contributed by atoms with van der Waals surface area (Å²) in [5.41, 5.74) is 2.31. The second-order valence-corrected chi connectivity index (χ2v) is 6.79. The van der Waals surface area contributed by atoms with Crippen LogP contribution in [0.5, 0.6) is 0 Å². The van der Waals surface area contributed by atoms with E-state index < -0.39 is 6.04 Å². The zero-order valence-electron chi connectivity index (χ0n) is 14.8. The molecule has 0 radical (unpaired) electrons. The number of nitrogens with zero attached hydrogens (tertiary/aromatic N) is 3. The first-order chi connectivity index (χ1) is 13.0. The predicted molar refractivity (Wildman–Crippen MR) is 106 cm³/mol. The van der Waals surface area contributed by atoms with Gasteiger partial charge in [0.2, 0.25) is 5.91 Å². The summed E-state index contributed by atoms with van der Waals surface area (Å²) >= 11 is 6.16. The predicted octanol–water partition coefficient (Wildman–Crippen LogP) is 3.81. The minimum absolute atomic E-state index is 0.219. The molecule has 0 aliphatic heterocycles. The third-order valence-electron chi connectivity index (χ3n) is 4.57. The van der Waals surface area contributed by atoms with E-state index in [1.807, 2.05) is 46.5 Å². The Morgan fingerprint density at radius 2 is 1.85 bits per heavy atom. The van der Waals surface area contributed by atoms with Crippen LogP contribution in [0.3, 0.4) is 0 Å². The lowest BCUT2D eigenvalue weighted by Gasteiger charge is -2.18. The fourth-order valence-corrected chi connectivity index (χ4v) is 3.48. The highest BCUT2D eigenvalue weighted by molar-refractivity contribution is 6.33. The second-order valence-electron chi connectivity index (χ2n) is 6.38. The van der Waals surface area contributed by atoms with Gasteiger partial charge in [0.05, 0.1) is 16.2 Å². The average molecular weight is 381 g/mol. The fraction of sp³-hybridized carbons (Fsp3) is 0.150. The van der Waals surface area contributed by atoms with Crippen molar-refractivity contribution in [2.24, 2.45) is 0 Å². The molecule has 0 bridgehead atoms. The van der Waals surface area contributed by atoms with Gasteiger partial charge in [0.1, 0.15) is 6.04 Å². The Balaban J connectivity index is 1.88. The zero-order chi connectivity index (χ0) is 19.1. The summed E-state index contributed by atoms with van der Waals surface area (Å²) in [5.74, 6) is -0.219. The largest absolute Gasteiger partial charge is 0.323 e. The maximum atomic E-state index is 12.9. The topological polar surface area (TPSA) is 68.4 Å². The number of fused-ring (bicyclic) bond motifs is 3. The average Bonchev–Trinajstić information content (AvgIpc) is 2.98. The molecule has 0 saturated heterocycles. The van der Waals surface area contributed by atoms with Crippen molar-refractivity contribution in [3.05, 3.63) is 75.7 Å². The molecule has 27 heavy (non-hydrogen) atoms. The number of benzene rings is 2. The minimum atomic E-state index is -0.563. The van der Waals surface area contributed by atoms with Gasteiger partial charge in [0.15, 0.2) is 5.65 Å². The van der Waals surface area contributed by atoms with Gasteiger partial charge in [-0.05, 0) is 38.1 Å².